The number of allylic oxidation sites excluding steroid dienone is 1. The summed E-state index contributed by atoms with van der Waals surface area (Å²) in [6.45, 7) is 0. The number of hydrogen-bond acceptors (Lipinski definition) is 6. The summed E-state index contributed by atoms with van der Waals surface area (Å²) in [7, 11) is -3.36. The van der Waals surface area contributed by atoms with Gasteiger partial charge in [-0.2, -0.15) is 13.2 Å². The normalized spacial score (nSPS) is 18.3. The third kappa shape index (κ3) is 4.02. The Morgan fingerprint density at radius 2 is 1.66 bits per heavy atom. The number of fused-ring (bicyclic) bond motifs is 1. The molecule has 2 aliphatic rings. The van der Waals surface area contributed by atoms with E-state index >= 15 is 0 Å². The third-order valence-electron chi connectivity index (χ3n) is 5.92. The Labute approximate surface area is 214 Å². The maximum atomic E-state index is 13.9. The first kappa shape index (κ1) is 25.2. The zero-order valence-electron chi connectivity index (χ0n) is 19.5. The number of para-hydroxylation sites is 2. The molecule has 3 aromatic rings. The van der Waals surface area contributed by atoms with Crippen molar-refractivity contribution in [3.05, 3.63) is 107 Å². The largest absolute Gasteiger partial charge is 0.496 e. The summed E-state index contributed by atoms with van der Waals surface area (Å²) >= 11 is 0. The summed E-state index contributed by atoms with van der Waals surface area (Å²) in [5.41, 5.74) is -3.03. The molecule has 38 heavy (non-hydrogen) atoms. The minimum atomic E-state index is -4.98. The van der Waals surface area contributed by atoms with Crippen LogP contribution in [0, 0.1) is 0 Å². The van der Waals surface area contributed by atoms with Crippen molar-refractivity contribution in [3.63, 3.8) is 0 Å². The van der Waals surface area contributed by atoms with Crippen molar-refractivity contribution in [2.24, 2.45) is 0 Å². The molecular weight excluding hydrogens is 527 g/mol. The van der Waals surface area contributed by atoms with E-state index in [0.29, 0.717) is 17.4 Å². The number of ether oxygens (including phenoxy) is 3. The number of carboxylic acids is 1. The van der Waals surface area contributed by atoms with Gasteiger partial charge in [0, 0.05) is 5.56 Å². The molecule has 0 bridgehead atoms. The molecule has 1 unspecified atom stereocenters. The lowest BCUT2D eigenvalue weighted by Crippen LogP contribution is -2.39. The SMILES string of the molecule is COc1ccccc1C1OC=C(C2=C(C(=O)O)N(c3ccccc3C(F)(F)F)S(=O)(=O)c3ccccc32)O1. The number of carbonyl (C=O) groups is 1. The van der Waals surface area contributed by atoms with Gasteiger partial charge in [0.2, 0.25) is 0 Å². The van der Waals surface area contributed by atoms with Crippen LogP contribution >= 0.6 is 0 Å². The quantitative estimate of drug-likeness (QED) is 0.464. The van der Waals surface area contributed by atoms with E-state index in [-0.39, 0.29) is 21.2 Å². The van der Waals surface area contributed by atoms with Crippen LogP contribution in [0.3, 0.4) is 0 Å². The first-order chi connectivity index (χ1) is 18.1. The van der Waals surface area contributed by atoms with Gasteiger partial charge in [0.1, 0.15) is 12.0 Å². The number of sulfonamides is 1. The molecule has 1 atom stereocenters. The van der Waals surface area contributed by atoms with Crippen molar-refractivity contribution < 1.29 is 45.7 Å². The predicted molar refractivity (Wildman–Crippen MR) is 128 cm³/mol. The van der Waals surface area contributed by atoms with E-state index in [4.69, 9.17) is 14.2 Å². The summed E-state index contributed by atoms with van der Waals surface area (Å²) < 4.78 is 86.2. The fourth-order valence-corrected chi connectivity index (χ4v) is 6.06. The second-order valence-electron chi connectivity index (χ2n) is 8.12. The highest BCUT2D eigenvalue weighted by Gasteiger charge is 2.47. The molecule has 8 nitrogen and oxygen atoms in total. The highest BCUT2D eigenvalue weighted by atomic mass is 32.2. The highest BCUT2D eigenvalue weighted by Crippen LogP contribution is 2.48. The Morgan fingerprint density at radius 3 is 2.37 bits per heavy atom. The van der Waals surface area contributed by atoms with E-state index in [9.17, 15) is 31.5 Å². The van der Waals surface area contributed by atoms with Gasteiger partial charge in [-0.1, -0.05) is 42.5 Å². The van der Waals surface area contributed by atoms with E-state index in [1.165, 1.54) is 37.4 Å². The molecule has 2 aliphatic heterocycles. The molecule has 0 fully saturated rings. The molecule has 196 valence electrons. The van der Waals surface area contributed by atoms with Crippen molar-refractivity contribution in [3.8, 4) is 5.75 Å². The van der Waals surface area contributed by atoms with E-state index in [0.717, 1.165) is 18.4 Å². The van der Waals surface area contributed by atoms with Gasteiger partial charge >= 0.3 is 12.1 Å². The Kier molecular flexibility index (Phi) is 6.06. The van der Waals surface area contributed by atoms with Crippen LogP contribution in [0.25, 0.3) is 5.57 Å². The number of alkyl halides is 3. The smallest absolute Gasteiger partial charge is 0.418 e. The van der Waals surface area contributed by atoms with Gasteiger partial charge in [0.25, 0.3) is 16.3 Å². The Morgan fingerprint density at radius 1 is 1.00 bits per heavy atom. The van der Waals surface area contributed by atoms with Crippen molar-refractivity contribution in [2.75, 3.05) is 11.4 Å². The van der Waals surface area contributed by atoms with E-state index < -0.39 is 50.3 Å². The number of methoxy groups -OCH3 is 1. The first-order valence-electron chi connectivity index (χ1n) is 11.0. The molecule has 0 saturated carbocycles. The van der Waals surface area contributed by atoms with Crippen LogP contribution in [0.4, 0.5) is 18.9 Å². The Balaban J connectivity index is 1.75. The lowest BCUT2D eigenvalue weighted by atomic mass is 10.0. The topological polar surface area (TPSA) is 102 Å². The second-order valence-corrected chi connectivity index (χ2v) is 9.87. The summed E-state index contributed by atoms with van der Waals surface area (Å²) in [5.74, 6) is -1.57. The lowest BCUT2D eigenvalue weighted by molar-refractivity contribution is -0.137. The highest BCUT2D eigenvalue weighted by molar-refractivity contribution is 7.93. The lowest BCUT2D eigenvalue weighted by Gasteiger charge is -2.33. The molecule has 0 aliphatic carbocycles. The van der Waals surface area contributed by atoms with E-state index in [1.807, 2.05) is 0 Å². The molecule has 0 aromatic heterocycles. The van der Waals surface area contributed by atoms with Crippen LogP contribution < -0.4 is 9.04 Å². The number of halogens is 3. The monoisotopic (exact) mass is 545 g/mol. The van der Waals surface area contributed by atoms with Crippen LogP contribution in [0.1, 0.15) is 23.0 Å². The number of hydrogen-bond donors (Lipinski definition) is 1. The molecule has 1 N–H and O–H groups in total. The molecule has 0 saturated heterocycles. The number of anilines is 1. The van der Waals surface area contributed by atoms with Gasteiger partial charge < -0.3 is 19.3 Å². The summed E-state index contributed by atoms with van der Waals surface area (Å²) in [6, 6.07) is 15.9. The number of benzene rings is 3. The predicted octanol–water partition coefficient (Wildman–Crippen LogP) is 5.31. The van der Waals surface area contributed by atoms with Gasteiger partial charge in [-0.15, -0.1) is 0 Å². The molecule has 5 rings (SSSR count). The maximum absolute atomic E-state index is 13.9. The molecular formula is C26H18F3NO7S. The average molecular weight is 545 g/mol. The van der Waals surface area contributed by atoms with E-state index in [2.05, 4.69) is 0 Å². The zero-order valence-corrected chi connectivity index (χ0v) is 20.3. The third-order valence-corrected chi connectivity index (χ3v) is 7.69. The van der Waals surface area contributed by atoms with Gasteiger partial charge in [-0.3, -0.25) is 0 Å². The fourth-order valence-electron chi connectivity index (χ4n) is 4.34. The van der Waals surface area contributed by atoms with Crippen LogP contribution in [0.5, 0.6) is 5.75 Å². The fraction of sp³-hybridized carbons (Fsp3) is 0.115. The molecule has 0 spiro atoms. The van der Waals surface area contributed by atoms with Crippen LogP contribution in [0.2, 0.25) is 0 Å². The van der Waals surface area contributed by atoms with Crippen LogP contribution in [-0.4, -0.2) is 26.6 Å². The van der Waals surface area contributed by atoms with Crippen molar-refractivity contribution in [1.29, 1.82) is 0 Å². The average Bonchev–Trinajstić information content (AvgIpc) is 3.37. The van der Waals surface area contributed by atoms with Crippen molar-refractivity contribution in [2.45, 2.75) is 17.4 Å². The standard InChI is InChI=1S/C26H18F3NO7S/c1-35-19-12-6-2-8-15(19)25-36-14-20(37-25)22-16-9-3-7-13-21(16)38(33,34)30(23(22)24(31)32)18-11-5-4-10-17(18)26(27,28)29/h2-14,25H,1H3,(H,31,32). The van der Waals surface area contributed by atoms with Crippen molar-refractivity contribution >= 4 is 27.3 Å². The van der Waals surface area contributed by atoms with Gasteiger partial charge in [0.15, 0.2) is 11.5 Å². The molecule has 3 aromatic carbocycles. The van der Waals surface area contributed by atoms with Crippen LogP contribution in [-0.2, 0) is 30.5 Å². The minimum Gasteiger partial charge on any atom is -0.496 e. The minimum absolute atomic E-state index is 0.0684. The number of carboxylic acid groups (broad SMARTS) is 1. The molecule has 0 radical (unpaired) electrons. The van der Waals surface area contributed by atoms with Gasteiger partial charge in [0.05, 0.1) is 34.4 Å². The maximum Gasteiger partial charge on any atom is 0.418 e. The molecule has 2 heterocycles. The Bertz CT molecular complexity index is 1610. The molecule has 12 heteroatoms. The number of aliphatic carboxylic acids is 1. The van der Waals surface area contributed by atoms with Gasteiger partial charge in [-0.25, -0.2) is 17.5 Å². The Hall–Kier alpha value is -4.45. The summed E-state index contributed by atoms with van der Waals surface area (Å²) in [5, 5.41) is 10.2. The first-order valence-corrected chi connectivity index (χ1v) is 12.4. The summed E-state index contributed by atoms with van der Waals surface area (Å²) in [6.07, 6.45) is -4.98. The van der Waals surface area contributed by atoms with Crippen molar-refractivity contribution in [1.82, 2.24) is 0 Å². The zero-order chi connectivity index (χ0) is 27.2. The number of nitrogens with zero attached hydrogens (tertiary/aromatic N) is 1. The van der Waals surface area contributed by atoms with Gasteiger partial charge in [-0.05, 0) is 30.3 Å². The molecule has 0 amide bonds. The van der Waals surface area contributed by atoms with Crippen LogP contribution in [0.15, 0.2) is 95.4 Å². The van der Waals surface area contributed by atoms with E-state index in [1.54, 1.807) is 24.3 Å². The summed E-state index contributed by atoms with van der Waals surface area (Å²) in [4.78, 5) is 12.2. The number of rotatable bonds is 5. The second kappa shape index (κ2) is 9.14.